The first-order chi connectivity index (χ1) is 5.26. The van der Waals surface area contributed by atoms with Crippen molar-refractivity contribution in [2.45, 2.75) is 31.2 Å². The van der Waals surface area contributed by atoms with E-state index in [1.165, 1.54) is 19.3 Å². The lowest BCUT2D eigenvalue weighted by molar-refractivity contribution is -0.127. The van der Waals surface area contributed by atoms with Crippen LogP contribution in [0.15, 0.2) is 0 Å². The van der Waals surface area contributed by atoms with Crippen molar-refractivity contribution in [3.05, 3.63) is 0 Å². The fraction of sp³-hybridized carbons (Fsp3) is 0.875. The van der Waals surface area contributed by atoms with E-state index < -0.39 is 0 Å². The Labute approximate surface area is 80.3 Å². The predicted molar refractivity (Wildman–Crippen MR) is 51.7 cm³/mol. The zero-order valence-corrected chi connectivity index (χ0v) is 8.56. The van der Waals surface area contributed by atoms with Gasteiger partial charge in [-0.3, -0.25) is 4.79 Å². The lowest BCUT2D eigenvalue weighted by atomic mass is 9.94. The molecular formula is C8H12INO. The van der Waals surface area contributed by atoms with Crippen molar-refractivity contribution in [3.8, 4) is 0 Å². The third-order valence-corrected chi connectivity index (χ3v) is 3.83. The minimum atomic E-state index is 0.277. The Balaban J connectivity index is 1.99. The number of piperidine rings is 1. The van der Waals surface area contributed by atoms with Crippen LogP contribution in [0.3, 0.4) is 0 Å². The Morgan fingerprint density at radius 2 is 2.27 bits per heavy atom. The van der Waals surface area contributed by atoms with Gasteiger partial charge in [-0.1, -0.05) is 22.6 Å². The van der Waals surface area contributed by atoms with E-state index in [-0.39, 0.29) is 5.54 Å². The number of hydrogen-bond acceptors (Lipinski definition) is 1. The van der Waals surface area contributed by atoms with E-state index in [1.807, 2.05) is 0 Å². The Bertz CT molecular complexity index is 189. The van der Waals surface area contributed by atoms with Crippen molar-refractivity contribution >= 4 is 28.5 Å². The van der Waals surface area contributed by atoms with Crippen LogP contribution in [0.2, 0.25) is 0 Å². The standard InChI is InChI=1S/C8H12INO/c9-5-6-1-2-8(3-4-8)10-7(6)11/h6H,1-5H2,(H,10,11). The molecule has 2 rings (SSSR count). The molecule has 2 fully saturated rings. The molecule has 3 heteroatoms. The molecule has 1 saturated carbocycles. The maximum atomic E-state index is 11.4. The van der Waals surface area contributed by atoms with Gasteiger partial charge in [0.2, 0.25) is 5.91 Å². The molecule has 0 radical (unpaired) electrons. The van der Waals surface area contributed by atoms with Gasteiger partial charge in [0.15, 0.2) is 0 Å². The van der Waals surface area contributed by atoms with Crippen molar-refractivity contribution in [1.82, 2.24) is 5.32 Å². The number of alkyl halides is 1. The summed E-state index contributed by atoms with van der Waals surface area (Å²) in [6, 6.07) is 0. The Kier molecular flexibility index (Phi) is 1.85. The lowest BCUT2D eigenvalue weighted by Crippen LogP contribution is -2.46. The average molecular weight is 265 g/mol. The first-order valence-electron chi connectivity index (χ1n) is 4.14. The van der Waals surface area contributed by atoms with Gasteiger partial charge in [-0.2, -0.15) is 0 Å². The SMILES string of the molecule is O=C1NC2(CCC1CI)CC2. The highest BCUT2D eigenvalue weighted by Crippen LogP contribution is 2.43. The van der Waals surface area contributed by atoms with Gasteiger partial charge in [-0.15, -0.1) is 0 Å². The molecule has 1 aliphatic heterocycles. The number of hydrogen-bond donors (Lipinski definition) is 1. The molecule has 2 nitrogen and oxygen atoms in total. The van der Waals surface area contributed by atoms with Crippen LogP contribution < -0.4 is 5.32 Å². The van der Waals surface area contributed by atoms with Crippen molar-refractivity contribution in [2.75, 3.05) is 4.43 Å². The molecule has 1 heterocycles. The second kappa shape index (κ2) is 2.61. The third kappa shape index (κ3) is 1.39. The van der Waals surface area contributed by atoms with E-state index in [1.54, 1.807) is 0 Å². The maximum Gasteiger partial charge on any atom is 0.224 e. The summed E-state index contributed by atoms with van der Waals surface area (Å²) in [6.45, 7) is 0. The highest BCUT2D eigenvalue weighted by molar-refractivity contribution is 14.1. The normalized spacial score (nSPS) is 33.5. The van der Waals surface area contributed by atoms with Gasteiger partial charge in [-0.05, 0) is 25.7 Å². The highest BCUT2D eigenvalue weighted by atomic mass is 127. The summed E-state index contributed by atoms with van der Waals surface area (Å²) in [4.78, 5) is 11.4. The van der Waals surface area contributed by atoms with Crippen molar-refractivity contribution < 1.29 is 4.79 Å². The third-order valence-electron chi connectivity index (χ3n) is 2.77. The van der Waals surface area contributed by atoms with E-state index in [4.69, 9.17) is 0 Å². The van der Waals surface area contributed by atoms with Gasteiger partial charge < -0.3 is 5.32 Å². The number of halogens is 1. The molecule has 1 saturated heterocycles. The topological polar surface area (TPSA) is 29.1 Å². The predicted octanol–water partition coefficient (Wildman–Crippen LogP) is 1.48. The first kappa shape index (κ1) is 7.83. The molecule has 1 atom stereocenters. The van der Waals surface area contributed by atoms with Crippen molar-refractivity contribution in [1.29, 1.82) is 0 Å². The molecule has 1 aliphatic carbocycles. The van der Waals surface area contributed by atoms with E-state index in [0.717, 1.165) is 10.8 Å². The van der Waals surface area contributed by atoms with Crippen molar-refractivity contribution in [2.24, 2.45) is 5.92 Å². The van der Waals surface area contributed by atoms with E-state index in [0.29, 0.717) is 11.8 Å². The zero-order chi connectivity index (χ0) is 7.90. The molecular weight excluding hydrogens is 253 g/mol. The van der Waals surface area contributed by atoms with Crippen LogP contribution in [-0.4, -0.2) is 15.9 Å². The Hall–Kier alpha value is 0.200. The van der Waals surface area contributed by atoms with E-state index in [2.05, 4.69) is 27.9 Å². The summed E-state index contributed by atoms with van der Waals surface area (Å²) in [7, 11) is 0. The van der Waals surface area contributed by atoms with Gasteiger partial charge in [0, 0.05) is 15.9 Å². The van der Waals surface area contributed by atoms with Crippen LogP contribution in [0.5, 0.6) is 0 Å². The zero-order valence-electron chi connectivity index (χ0n) is 6.40. The summed E-state index contributed by atoms with van der Waals surface area (Å²) in [5.41, 5.74) is 0.277. The average Bonchev–Trinajstić information content (AvgIpc) is 2.70. The van der Waals surface area contributed by atoms with Crippen LogP contribution >= 0.6 is 22.6 Å². The minimum absolute atomic E-state index is 0.277. The summed E-state index contributed by atoms with van der Waals surface area (Å²) in [5, 5.41) is 3.12. The number of nitrogens with one attached hydrogen (secondary N) is 1. The van der Waals surface area contributed by atoms with E-state index in [9.17, 15) is 4.79 Å². The summed E-state index contributed by atoms with van der Waals surface area (Å²) in [5.74, 6) is 0.588. The van der Waals surface area contributed by atoms with Crippen LogP contribution in [0, 0.1) is 5.92 Å². The largest absolute Gasteiger partial charge is 0.350 e. The highest BCUT2D eigenvalue weighted by Gasteiger charge is 2.47. The lowest BCUT2D eigenvalue weighted by Gasteiger charge is -2.27. The molecule has 1 unspecified atom stereocenters. The fourth-order valence-electron chi connectivity index (χ4n) is 1.68. The number of carbonyl (C=O) groups excluding carboxylic acids is 1. The summed E-state index contributed by atoms with van der Waals surface area (Å²) < 4.78 is 0.972. The molecule has 11 heavy (non-hydrogen) atoms. The second-order valence-corrected chi connectivity index (χ2v) is 4.54. The molecule has 1 N–H and O–H groups in total. The Morgan fingerprint density at radius 3 is 2.73 bits per heavy atom. The Morgan fingerprint density at radius 1 is 1.55 bits per heavy atom. The monoisotopic (exact) mass is 265 g/mol. The first-order valence-corrected chi connectivity index (χ1v) is 5.66. The molecule has 0 aromatic heterocycles. The molecule has 1 amide bonds. The molecule has 0 aromatic carbocycles. The smallest absolute Gasteiger partial charge is 0.224 e. The molecule has 62 valence electrons. The van der Waals surface area contributed by atoms with Crippen molar-refractivity contribution in [3.63, 3.8) is 0 Å². The molecule has 0 bridgehead atoms. The molecule has 1 spiro atoms. The van der Waals surface area contributed by atoms with Crippen LogP contribution in [0.4, 0.5) is 0 Å². The molecule has 2 aliphatic rings. The number of amides is 1. The van der Waals surface area contributed by atoms with Crippen LogP contribution in [0.1, 0.15) is 25.7 Å². The number of carbonyl (C=O) groups is 1. The summed E-state index contributed by atoms with van der Waals surface area (Å²) >= 11 is 2.29. The van der Waals surface area contributed by atoms with Gasteiger partial charge in [0.25, 0.3) is 0 Å². The quantitative estimate of drug-likeness (QED) is 0.564. The van der Waals surface area contributed by atoms with Gasteiger partial charge >= 0.3 is 0 Å². The number of rotatable bonds is 1. The fourth-order valence-corrected chi connectivity index (χ4v) is 2.52. The van der Waals surface area contributed by atoms with Crippen LogP contribution in [0.25, 0.3) is 0 Å². The minimum Gasteiger partial charge on any atom is -0.350 e. The summed E-state index contributed by atoms with van der Waals surface area (Å²) in [6.07, 6.45) is 4.75. The second-order valence-electron chi connectivity index (χ2n) is 3.66. The van der Waals surface area contributed by atoms with Gasteiger partial charge in [-0.25, -0.2) is 0 Å². The van der Waals surface area contributed by atoms with E-state index >= 15 is 0 Å². The molecule has 0 aromatic rings. The van der Waals surface area contributed by atoms with Gasteiger partial charge in [0.05, 0.1) is 0 Å². The van der Waals surface area contributed by atoms with Crippen LogP contribution in [-0.2, 0) is 4.79 Å². The van der Waals surface area contributed by atoms with Gasteiger partial charge in [0.1, 0.15) is 0 Å². The maximum absolute atomic E-state index is 11.4.